The molecule has 2 heterocycles. The van der Waals surface area contributed by atoms with Crippen LogP contribution in [0.15, 0.2) is 12.3 Å². The summed E-state index contributed by atoms with van der Waals surface area (Å²) in [5.41, 5.74) is 0.999. The van der Waals surface area contributed by atoms with Crippen molar-refractivity contribution in [1.29, 1.82) is 0 Å². The molecule has 2 rings (SSSR count). The number of amides is 1. The zero-order chi connectivity index (χ0) is 15.2. The maximum Gasteiger partial charge on any atom is 0.242 e. The number of nitrogens with zero attached hydrogens (tertiary/aromatic N) is 4. The Hall–Kier alpha value is -1.44. The summed E-state index contributed by atoms with van der Waals surface area (Å²) in [5, 5.41) is 4.15. The van der Waals surface area contributed by atoms with Gasteiger partial charge in [-0.05, 0) is 13.1 Å². The van der Waals surface area contributed by atoms with Crippen molar-refractivity contribution in [1.82, 2.24) is 19.6 Å². The third kappa shape index (κ3) is 4.03. The molecule has 21 heavy (non-hydrogen) atoms. The van der Waals surface area contributed by atoms with E-state index in [4.69, 9.17) is 9.47 Å². The summed E-state index contributed by atoms with van der Waals surface area (Å²) < 4.78 is 12.4. The molecular weight excluding hydrogens is 272 g/mol. The molecule has 0 unspecified atom stereocenters. The van der Waals surface area contributed by atoms with E-state index in [-0.39, 0.29) is 11.9 Å². The van der Waals surface area contributed by atoms with Crippen LogP contribution in [0.1, 0.15) is 5.69 Å². The predicted molar refractivity (Wildman–Crippen MR) is 77.7 cm³/mol. The van der Waals surface area contributed by atoms with Gasteiger partial charge in [-0.15, -0.1) is 0 Å². The van der Waals surface area contributed by atoms with E-state index in [1.807, 2.05) is 25.1 Å². The first-order valence-electron chi connectivity index (χ1n) is 7.16. The number of morpholine rings is 1. The van der Waals surface area contributed by atoms with Gasteiger partial charge < -0.3 is 14.4 Å². The lowest BCUT2D eigenvalue weighted by Gasteiger charge is -2.35. The van der Waals surface area contributed by atoms with Crippen LogP contribution in [0.4, 0.5) is 0 Å². The van der Waals surface area contributed by atoms with Crippen LogP contribution in [0, 0.1) is 0 Å². The zero-order valence-electron chi connectivity index (χ0n) is 13.0. The van der Waals surface area contributed by atoms with Crippen LogP contribution in [-0.4, -0.2) is 78.6 Å². The number of methoxy groups -OCH3 is 1. The van der Waals surface area contributed by atoms with Crippen LogP contribution in [0.25, 0.3) is 0 Å². The van der Waals surface area contributed by atoms with E-state index >= 15 is 0 Å². The zero-order valence-corrected chi connectivity index (χ0v) is 13.0. The molecule has 0 N–H and O–H groups in total. The van der Waals surface area contributed by atoms with Crippen molar-refractivity contribution in [2.75, 3.05) is 47.1 Å². The van der Waals surface area contributed by atoms with Crippen LogP contribution < -0.4 is 0 Å². The molecule has 1 atom stereocenters. The van der Waals surface area contributed by atoms with E-state index in [1.54, 1.807) is 18.0 Å². The van der Waals surface area contributed by atoms with Crippen LogP contribution in [0.5, 0.6) is 0 Å². The standard InChI is InChI=1S/C14H24N4O3/c1-16-6-9-21-11-13(16)14(19)18(7-8-20-3)10-12-4-5-15-17(12)2/h4-5,13H,6-11H2,1-3H3/t13-/m0/s1. The van der Waals surface area contributed by atoms with Crippen molar-refractivity contribution in [3.63, 3.8) is 0 Å². The van der Waals surface area contributed by atoms with Crippen molar-refractivity contribution >= 4 is 5.91 Å². The Morgan fingerprint density at radius 2 is 2.38 bits per heavy atom. The smallest absolute Gasteiger partial charge is 0.242 e. The monoisotopic (exact) mass is 296 g/mol. The number of hydrogen-bond donors (Lipinski definition) is 0. The Morgan fingerprint density at radius 3 is 3.00 bits per heavy atom. The van der Waals surface area contributed by atoms with Gasteiger partial charge in [-0.2, -0.15) is 5.10 Å². The number of aromatic nitrogens is 2. The lowest BCUT2D eigenvalue weighted by molar-refractivity contribution is -0.143. The highest BCUT2D eigenvalue weighted by Crippen LogP contribution is 2.11. The summed E-state index contributed by atoms with van der Waals surface area (Å²) in [6.45, 7) is 3.51. The Morgan fingerprint density at radius 1 is 1.57 bits per heavy atom. The maximum atomic E-state index is 12.8. The second-order valence-corrected chi connectivity index (χ2v) is 5.27. The van der Waals surface area contributed by atoms with Crippen LogP contribution in [0.2, 0.25) is 0 Å². The molecule has 1 amide bonds. The minimum atomic E-state index is -0.219. The van der Waals surface area contributed by atoms with Crippen molar-refractivity contribution < 1.29 is 14.3 Å². The maximum absolute atomic E-state index is 12.8. The first-order valence-corrected chi connectivity index (χ1v) is 7.16. The van der Waals surface area contributed by atoms with Crippen molar-refractivity contribution in [2.45, 2.75) is 12.6 Å². The quantitative estimate of drug-likeness (QED) is 0.723. The van der Waals surface area contributed by atoms with Gasteiger partial charge in [0, 0.05) is 33.4 Å². The number of likely N-dealkylation sites (N-methyl/N-ethyl adjacent to an activating group) is 1. The minimum Gasteiger partial charge on any atom is -0.383 e. The van der Waals surface area contributed by atoms with E-state index in [1.165, 1.54) is 0 Å². The lowest BCUT2D eigenvalue weighted by atomic mass is 10.2. The third-order valence-electron chi connectivity index (χ3n) is 3.83. The number of carbonyl (C=O) groups is 1. The Labute approximate surface area is 125 Å². The number of rotatable bonds is 6. The average molecular weight is 296 g/mol. The van der Waals surface area contributed by atoms with Gasteiger partial charge in [-0.25, -0.2) is 0 Å². The second kappa shape index (κ2) is 7.53. The minimum absolute atomic E-state index is 0.0791. The molecule has 7 heteroatoms. The van der Waals surface area contributed by atoms with E-state index in [2.05, 4.69) is 10.00 Å². The summed E-state index contributed by atoms with van der Waals surface area (Å²) >= 11 is 0. The van der Waals surface area contributed by atoms with Gasteiger partial charge >= 0.3 is 0 Å². The van der Waals surface area contributed by atoms with Gasteiger partial charge in [0.15, 0.2) is 0 Å². The molecule has 0 saturated carbocycles. The van der Waals surface area contributed by atoms with Crippen LogP contribution >= 0.6 is 0 Å². The molecule has 0 bridgehead atoms. The Bertz CT molecular complexity index is 463. The van der Waals surface area contributed by atoms with Gasteiger partial charge in [0.05, 0.1) is 32.1 Å². The molecule has 0 aliphatic carbocycles. The number of hydrogen-bond acceptors (Lipinski definition) is 5. The normalized spacial score (nSPS) is 19.7. The highest BCUT2D eigenvalue weighted by Gasteiger charge is 2.30. The molecule has 1 aromatic heterocycles. The average Bonchev–Trinajstić information content (AvgIpc) is 2.88. The molecule has 7 nitrogen and oxygen atoms in total. The van der Waals surface area contributed by atoms with E-state index in [0.717, 1.165) is 12.2 Å². The van der Waals surface area contributed by atoms with Crippen molar-refractivity contribution in [3.8, 4) is 0 Å². The molecule has 0 radical (unpaired) electrons. The Balaban J connectivity index is 2.07. The lowest BCUT2D eigenvalue weighted by Crippen LogP contribution is -2.53. The van der Waals surface area contributed by atoms with Crippen LogP contribution in [0.3, 0.4) is 0 Å². The molecule has 0 spiro atoms. The summed E-state index contributed by atoms with van der Waals surface area (Å²) in [5.74, 6) is 0.0791. The van der Waals surface area contributed by atoms with Gasteiger partial charge in [0.2, 0.25) is 5.91 Å². The van der Waals surface area contributed by atoms with E-state index < -0.39 is 0 Å². The summed E-state index contributed by atoms with van der Waals surface area (Å²) in [4.78, 5) is 16.6. The van der Waals surface area contributed by atoms with E-state index in [9.17, 15) is 4.79 Å². The number of ether oxygens (including phenoxy) is 2. The van der Waals surface area contributed by atoms with Gasteiger partial charge in [0.25, 0.3) is 0 Å². The van der Waals surface area contributed by atoms with Crippen molar-refractivity contribution in [3.05, 3.63) is 18.0 Å². The fraction of sp³-hybridized carbons (Fsp3) is 0.714. The largest absolute Gasteiger partial charge is 0.383 e. The molecule has 1 aromatic rings. The highest BCUT2D eigenvalue weighted by atomic mass is 16.5. The summed E-state index contributed by atoms with van der Waals surface area (Å²) in [6, 6.07) is 1.71. The number of carbonyl (C=O) groups excluding carboxylic acids is 1. The van der Waals surface area contributed by atoms with Gasteiger partial charge in [-0.1, -0.05) is 0 Å². The molecule has 1 saturated heterocycles. The van der Waals surface area contributed by atoms with Crippen molar-refractivity contribution in [2.24, 2.45) is 7.05 Å². The van der Waals surface area contributed by atoms with Gasteiger partial charge in [0.1, 0.15) is 6.04 Å². The fourth-order valence-corrected chi connectivity index (χ4v) is 2.38. The molecule has 0 aromatic carbocycles. The fourth-order valence-electron chi connectivity index (χ4n) is 2.38. The Kier molecular flexibility index (Phi) is 5.72. The third-order valence-corrected chi connectivity index (χ3v) is 3.83. The molecule has 1 fully saturated rings. The topological polar surface area (TPSA) is 59.8 Å². The molecule has 1 aliphatic heterocycles. The van der Waals surface area contributed by atoms with E-state index in [0.29, 0.717) is 32.9 Å². The first kappa shape index (κ1) is 15.9. The predicted octanol–water partition coefficient (Wildman–Crippen LogP) is -0.274. The highest BCUT2D eigenvalue weighted by molar-refractivity contribution is 5.82. The number of aryl methyl sites for hydroxylation is 1. The second-order valence-electron chi connectivity index (χ2n) is 5.27. The van der Waals surface area contributed by atoms with Crippen LogP contribution in [-0.2, 0) is 27.9 Å². The molecule has 1 aliphatic rings. The molecule has 118 valence electrons. The van der Waals surface area contributed by atoms with Gasteiger partial charge in [-0.3, -0.25) is 14.4 Å². The summed E-state index contributed by atoms with van der Waals surface area (Å²) in [6.07, 6.45) is 1.74. The summed E-state index contributed by atoms with van der Waals surface area (Å²) in [7, 11) is 5.48. The SMILES string of the molecule is COCCN(Cc1ccnn1C)C(=O)[C@@H]1COCCN1C. The first-order chi connectivity index (χ1) is 10.1. The molecular formula is C14H24N4O3.